The number of nitriles is 1. The Kier molecular flexibility index (Phi) is 6.67. The molecule has 0 unspecified atom stereocenters. The second-order valence-corrected chi connectivity index (χ2v) is 9.01. The molecule has 9 heteroatoms. The van der Waals surface area contributed by atoms with Gasteiger partial charge in [-0.25, -0.2) is 9.97 Å². The van der Waals surface area contributed by atoms with Crippen LogP contribution >= 0.6 is 0 Å². The smallest absolute Gasteiger partial charge is 0.270 e. The largest absolute Gasteiger partial charge is 0.491 e. The number of pyridine rings is 2. The zero-order chi connectivity index (χ0) is 23.3. The molecule has 5 rings (SSSR count). The van der Waals surface area contributed by atoms with E-state index in [1.54, 1.807) is 23.0 Å². The molecule has 0 atom stereocenters. The van der Waals surface area contributed by atoms with Gasteiger partial charge in [-0.15, -0.1) is 0 Å². The molecule has 1 aliphatic carbocycles. The Morgan fingerprint density at radius 3 is 2.68 bits per heavy atom. The maximum atomic E-state index is 12.9. The maximum Gasteiger partial charge on any atom is 0.270 e. The third kappa shape index (κ3) is 4.87. The first-order valence-electron chi connectivity index (χ1n) is 12.1. The summed E-state index contributed by atoms with van der Waals surface area (Å²) in [7, 11) is 0. The van der Waals surface area contributed by atoms with E-state index in [0.717, 1.165) is 51.1 Å². The van der Waals surface area contributed by atoms with Crippen LogP contribution in [0.4, 0.5) is 11.8 Å². The second-order valence-electron chi connectivity index (χ2n) is 9.01. The fourth-order valence-corrected chi connectivity index (χ4v) is 4.89. The van der Waals surface area contributed by atoms with Gasteiger partial charge in [-0.2, -0.15) is 10.2 Å². The Balaban J connectivity index is 0.00000289. The summed E-state index contributed by atoms with van der Waals surface area (Å²) in [6.07, 6.45) is 11.2. The van der Waals surface area contributed by atoms with E-state index in [4.69, 9.17) is 4.74 Å². The topological polar surface area (TPSA) is 109 Å². The molecule has 2 aliphatic rings. The lowest BCUT2D eigenvalue weighted by molar-refractivity contribution is 0.183. The van der Waals surface area contributed by atoms with Crippen molar-refractivity contribution in [1.29, 1.82) is 5.26 Å². The van der Waals surface area contributed by atoms with Crippen LogP contribution in [-0.4, -0.2) is 50.7 Å². The molecule has 0 aromatic carbocycles. The molecule has 0 radical (unpaired) electrons. The number of nitrogens with one attached hydrogen (secondary N) is 1. The Labute approximate surface area is 199 Å². The minimum Gasteiger partial charge on any atom is -0.491 e. The predicted octanol–water partition coefficient (Wildman–Crippen LogP) is 4.03. The van der Waals surface area contributed by atoms with Gasteiger partial charge < -0.3 is 10.1 Å². The van der Waals surface area contributed by atoms with Gasteiger partial charge in [0.05, 0.1) is 6.20 Å². The van der Waals surface area contributed by atoms with Crippen LogP contribution in [0, 0.1) is 11.3 Å². The Hall–Kier alpha value is -3.51. The lowest BCUT2D eigenvalue weighted by atomic mass is 10.1. The van der Waals surface area contributed by atoms with Crippen LogP contribution in [0.1, 0.15) is 58.0 Å². The number of hydrogen-bond donors (Lipinski definition) is 1. The fourth-order valence-electron chi connectivity index (χ4n) is 4.89. The first-order chi connectivity index (χ1) is 16.7. The van der Waals surface area contributed by atoms with Crippen LogP contribution < -0.4 is 15.6 Å². The molecule has 1 saturated heterocycles. The Morgan fingerprint density at radius 1 is 1.12 bits per heavy atom. The SMILES string of the molecule is N#Cc1cc2cnc(Nc3ccc(OCCN4CCCCC4)cn3)nc2n(C2CCCC2)c1=O.[HH]. The number of likely N-dealkylation sites (tertiary alicyclic amines) is 1. The standard InChI is InChI=1S/C25H29N7O2.H2/c26-15-18-14-19-16-28-25(30-23(19)32(24(18)33)20-6-2-3-7-20)29-22-9-8-21(17-27-22)34-13-12-31-10-4-1-5-11-31;/h8-9,14,16-17,20H,1-7,10-13H2,(H,27,28,29,30);1H. The second kappa shape index (κ2) is 10.2. The highest BCUT2D eigenvalue weighted by Gasteiger charge is 2.22. The molecule has 3 aromatic rings. The third-order valence-electron chi connectivity index (χ3n) is 6.68. The van der Waals surface area contributed by atoms with Gasteiger partial charge >= 0.3 is 0 Å². The molecule has 1 aliphatic heterocycles. The van der Waals surface area contributed by atoms with E-state index in [2.05, 4.69) is 25.2 Å². The number of nitrogens with zero attached hydrogens (tertiary/aromatic N) is 6. The van der Waals surface area contributed by atoms with Crippen LogP contribution in [0.2, 0.25) is 0 Å². The van der Waals surface area contributed by atoms with Gasteiger partial charge in [-0.3, -0.25) is 14.3 Å². The third-order valence-corrected chi connectivity index (χ3v) is 6.68. The zero-order valence-corrected chi connectivity index (χ0v) is 19.2. The molecule has 2 fully saturated rings. The Bertz CT molecular complexity index is 1240. The van der Waals surface area contributed by atoms with E-state index < -0.39 is 0 Å². The minimum atomic E-state index is -0.282. The normalized spacial score (nSPS) is 17.0. The van der Waals surface area contributed by atoms with E-state index in [1.807, 2.05) is 18.2 Å². The van der Waals surface area contributed by atoms with E-state index in [0.29, 0.717) is 29.4 Å². The van der Waals surface area contributed by atoms with Gasteiger partial charge in [-0.1, -0.05) is 19.3 Å². The van der Waals surface area contributed by atoms with Gasteiger partial charge in [0.25, 0.3) is 5.56 Å². The van der Waals surface area contributed by atoms with E-state index in [-0.39, 0.29) is 18.6 Å². The molecule has 1 saturated carbocycles. The molecule has 9 nitrogen and oxygen atoms in total. The summed E-state index contributed by atoms with van der Waals surface area (Å²) in [6, 6.07) is 7.35. The molecular weight excluding hydrogens is 430 g/mol. The number of piperidine rings is 1. The van der Waals surface area contributed by atoms with Crippen LogP contribution in [-0.2, 0) is 0 Å². The zero-order valence-electron chi connectivity index (χ0n) is 19.2. The molecular formula is C25H31N7O2. The van der Waals surface area contributed by atoms with Crippen molar-refractivity contribution in [1.82, 2.24) is 24.4 Å². The summed E-state index contributed by atoms with van der Waals surface area (Å²) >= 11 is 0. The van der Waals surface area contributed by atoms with Gasteiger partial charge in [0.2, 0.25) is 5.95 Å². The lowest BCUT2D eigenvalue weighted by Crippen LogP contribution is -2.33. The minimum absolute atomic E-state index is 0. The monoisotopic (exact) mass is 461 g/mol. The number of hydrogen-bond acceptors (Lipinski definition) is 8. The average molecular weight is 462 g/mol. The molecule has 3 aromatic heterocycles. The van der Waals surface area contributed by atoms with Crippen molar-refractivity contribution >= 4 is 22.8 Å². The van der Waals surface area contributed by atoms with Crippen molar-refractivity contribution in [3.63, 3.8) is 0 Å². The number of fused-ring (bicyclic) bond motifs is 1. The molecule has 4 heterocycles. The summed E-state index contributed by atoms with van der Waals surface area (Å²) in [5.41, 5.74) is 0.392. The summed E-state index contributed by atoms with van der Waals surface area (Å²) < 4.78 is 7.53. The van der Waals surface area contributed by atoms with Crippen LogP contribution in [0.25, 0.3) is 11.0 Å². The van der Waals surface area contributed by atoms with Crippen molar-refractivity contribution < 1.29 is 6.16 Å². The first-order valence-corrected chi connectivity index (χ1v) is 12.1. The van der Waals surface area contributed by atoms with Crippen LogP contribution in [0.3, 0.4) is 0 Å². The molecule has 34 heavy (non-hydrogen) atoms. The average Bonchev–Trinajstić information content (AvgIpc) is 3.40. The first kappa shape index (κ1) is 22.3. The highest BCUT2D eigenvalue weighted by atomic mass is 16.5. The number of rotatable bonds is 7. The van der Waals surface area contributed by atoms with E-state index in [1.165, 1.54) is 19.3 Å². The summed E-state index contributed by atoms with van der Waals surface area (Å²) in [4.78, 5) is 28.8. The molecule has 0 spiro atoms. The summed E-state index contributed by atoms with van der Waals surface area (Å²) in [6.45, 7) is 3.89. The molecule has 1 N–H and O–H groups in total. The van der Waals surface area contributed by atoms with E-state index >= 15 is 0 Å². The van der Waals surface area contributed by atoms with Crippen molar-refractivity contribution in [2.24, 2.45) is 0 Å². The van der Waals surface area contributed by atoms with Gasteiger partial charge in [0, 0.05) is 25.6 Å². The Morgan fingerprint density at radius 2 is 1.94 bits per heavy atom. The molecule has 178 valence electrons. The van der Waals surface area contributed by atoms with Crippen molar-refractivity contribution in [2.45, 2.75) is 51.0 Å². The highest BCUT2D eigenvalue weighted by molar-refractivity contribution is 5.77. The predicted molar refractivity (Wildman–Crippen MR) is 131 cm³/mol. The van der Waals surface area contributed by atoms with Crippen LogP contribution in [0.5, 0.6) is 5.75 Å². The van der Waals surface area contributed by atoms with Gasteiger partial charge in [0.1, 0.15) is 35.5 Å². The molecule has 0 bridgehead atoms. The van der Waals surface area contributed by atoms with Gasteiger partial charge in [-0.05, 0) is 57.0 Å². The number of anilines is 2. The number of ether oxygens (including phenoxy) is 1. The van der Waals surface area contributed by atoms with Crippen molar-refractivity contribution in [2.75, 3.05) is 31.6 Å². The van der Waals surface area contributed by atoms with E-state index in [9.17, 15) is 10.1 Å². The summed E-state index contributed by atoms with van der Waals surface area (Å²) in [5.74, 6) is 1.67. The number of aromatic nitrogens is 4. The fraction of sp³-hybridized carbons (Fsp3) is 0.480. The van der Waals surface area contributed by atoms with Crippen molar-refractivity contribution in [3.8, 4) is 11.8 Å². The highest BCUT2D eigenvalue weighted by Crippen LogP contribution is 2.30. The quantitative estimate of drug-likeness (QED) is 0.562. The van der Waals surface area contributed by atoms with Crippen LogP contribution in [0.15, 0.2) is 35.4 Å². The lowest BCUT2D eigenvalue weighted by Gasteiger charge is -2.26. The maximum absolute atomic E-state index is 12.9. The van der Waals surface area contributed by atoms with Gasteiger partial charge in [0.15, 0.2) is 0 Å². The summed E-state index contributed by atoms with van der Waals surface area (Å²) in [5, 5.41) is 13.2. The van der Waals surface area contributed by atoms with Crippen molar-refractivity contribution in [3.05, 3.63) is 46.5 Å². The molecule has 0 amide bonds.